The molecule has 0 aliphatic heterocycles. The molecule has 0 saturated carbocycles. The minimum absolute atomic E-state index is 0.00967. The maximum atomic E-state index is 10.9. The largest absolute Gasteiger partial charge is 0.481 e. The number of nitro groups is 1. The van der Waals surface area contributed by atoms with Crippen LogP contribution in [0.4, 0.5) is 5.69 Å². The summed E-state index contributed by atoms with van der Waals surface area (Å²) in [5.41, 5.74) is 2.73. The van der Waals surface area contributed by atoms with Gasteiger partial charge in [0.15, 0.2) is 0 Å². The van der Waals surface area contributed by atoms with Gasteiger partial charge in [0.1, 0.15) is 0 Å². The van der Waals surface area contributed by atoms with E-state index in [0.29, 0.717) is 20.5 Å². The lowest BCUT2D eigenvalue weighted by Gasteiger charge is -2.07. The van der Waals surface area contributed by atoms with Crippen LogP contribution in [0.15, 0.2) is 18.2 Å². The molecule has 7 nitrogen and oxygen atoms in total. The number of carboxylic acids is 1. The Balaban J connectivity index is 2.53. The molecule has 110 valence electrons. The smallest absolute Gasteiger partial charge is 0.307 e. The van der Waals surface area contributed by atoms with E-state index in [2.05, 4.69) is 5.10 Å². The highest BCUT2D eigenvalue weighted by Gasteiger charge is 2.18. The molecule has 0 unspecified atom stereocenters. The number of carboxylic acid groups (broad SMARTS) is 1. The third-order valence-electron chi connectivity index (χ3n) is 3.14. The fourth-order valence-electron chi connectivity index (χ4n) is 2.10. The summed E-state index contributed by atoms with van der Waals surface area (Å²) in [4.78, 5) is 21.2. The van der Waals surface area contributed by atoms with E-state index in [0.717, 1.165) is 5.69 Å². The topological polar surface area (TPSA) is 98.3 Å². The van der Waals surface area contributed by atoms with Crippen LogP contribution < -0.4 is 0 Å². The van der Waals surface area contributed by atoms with Gasteiger partial charge in [-0.25, -0.2) is 4.68 Å². The van der Waals surface area contributed by atoms with Crippen molar-refractivity contribution < 1.29 is 14.8 Å². The summed E-state index contributed by atoms with van der Waals surface area (Å²) in [5.74, 6) is -0.917. The van der Waals surface area contributed by atoms with Crippen LogP contribution in [0.25, 0.3) is 5.69 Å². The lowest BCUT2D eigenvalue weighted by Crippen LogP contribution is -2.05. The average Bonchev–Trinajstić information content (AvgIpc) is 2.66. The van der Waals surface area contributed by atoms with Gasteiger partial charge < -0.3 is 5.11 Å². The molecule has 21 heavy (non-hydrogen) atoms. The van der Waals surface area contributed by atoms with Crippen LogP contribution in [0.3, 0.4) is 0 Å². The zero-order chi connectivity index (χ0) is 15.7. The number of aryl methyl sites for hydroxylation is 1. The zero-order valence-corrected chi connectivity index (χ0v) is 13.5. The number of rotatable bonds is 4. The lowest BCUT2D eigenvalue weighted by atomic mass is 10.1. The van der Waals surface area contributed by atoms with Gasteiger partial charge in [-0.3, -0.25) is 14.9 Å². The molecule has 0 radical (unpaired) electrons. The van der Waals surface area contributed by atoms with Crippen molar-refractivity contribution in [1.82, 2.24) is 9.78 Å². The van der Waals surface area contributed by atoms with Crippen LogP contribution in [-0.4, -0.2) is 25.8 Å². The molecule has 0 saturated heterocycles. The highest BCUT2D eigenvalue weighted by Crippen LogP contribution is 2.25. The van der Waals surface area contributed by atoms with E-state index < -0.39 is 10.9 Å². The van der Waals surface area contributed by atoms with Gasteiger partial charge in [-0.2, -0.15) is 5.10 Å². The molecule has 8 heteroatoms. The van der Waals surface area contributed by atoms with Gasteiger partial charge in [-0.15, -0.1) is 0 Å². The third-order valence-corrected chi connectivity index (χ3v) is 4.00. The normalized spacial score (nSPS) is 10.6. The van der Waals surface area contributed by atoms with E-state index in [1.807, 2.05) is 22.6 Å². The zero-order valence-electron chi connectivity index (χ0n) is 11.3. The Hall–Kier alpha value is -1.97. The molecular formula is C13H12IN3O4. The van der Waals surface area contributed by atoms with E-state index in [1.165, 1.54) is 12.1 Å². The second-order valence-electron chi connectivity index (χ2n) is 4.52. The fraction of sp³-hybridized carbons (Fsp3) is 0.231. The van der Waals surface area contributed by atoms with Crippen molar-refractivity contribution >= 4 is 34.2 Å². The highest BCUT2D eigenvalue weighted by molar-refractivity contribution is 14.1. The number of aliphatic carboxylic acids is 1. The number of hydrogen-bond donors (Lipinski definition) is 1. The predicted molar refractivity (Wildman–Crippen MR) is 83.7 cm³/mol. The predicted octanol–water partition coefficient (Wildman–Crippen LogP) is 2.63. The van der Waals surface area contributed by atoms with Gasteiger partial charge >= 0.3 is 5.97 Å². The van der Waals surface area contributed by atoms with E-state index >= 15 is 0 Å². The first-order chi connectivity index (χ1) is 9.81. The standard InChI is InChI=1S/C13H12IN3O4/c1-7-10(6-13(18)19)8(2)16(15-7)12-4-3-9(17(20)21)5-11(12)14/h3-5H,6H2,1-2H3,(H,18,19). The second kappa shape index (κ2) is 5.80. The van der Waals surface area contributed by atoms with Crippen LogP contribution in [0.2, 0.25) is 0 Å². The Bertz CT molecular complexity index is 739. The second-order valence-corrected chi connectivity index (χ2v) is 5.69. The number of benzene rings is 1. The Morgan fingerprint density at radius 3 is 2.67 bits per heavy atom. The molecule has 2 aromatic rings. The van der Waals surface area contributed by atoms with E-state index in [1.54, 1.807) is 24.6 Å². The van der Waals surface area contributed by atoms with Crippen molar-refractivity contribution in [3.05, 3.63) is 48.8 Å². The summed E-state index contributed by atoms with van der Waals surface area (Å²) < 4.78 is 2.30. The van der Waals surface area contributed by atoms with Crippen LogP contribution in [0, 0.1) is 27.5 Å². The number of non-ortho nitro benzene ring substituents is 1. The summed E-state index contributed by atoms with van der Waals surface area (Å²) in [6.45, 7) is 3.54. The summed E-state index contributed by atoms with van der Waals surface area (Å²) in [5, 5.41) is 24.0. The lowest BCUT2D eigenvalue weighted by molar-refractivity contribution is -0.384. The Kier molecular flexibility index (Phi) is 4.26. The van der Waals surface area contributed by atoms with Gasteiger partial charge in [0.05, 0.1) is 22.7 Å². The molecule has 0 aliphatic rings. The number of nitrogens with zero attached hydrogens (tertiary/aromatic N) is 3. The summed E-state index contributed by atoms with van der Waals surface area (Å²) in [6.07, 6.45) is -0.0960. The number of carbonyl (C=O) groups is 1. The summed E-state index contributed by atoms with van der Waals surface area (Å²) >= 11 is 2.00. The summed E-state index contributed by atoms with van der Waals surface area (Å²) in [7, 11) is 0. The molecule has 0 fully saturated rings. The first kappa shape index (κ1) is 15.4. The maximum Gasteiger partial charge on any atom is 0.307 e. The van der Waals surface area contributed by atoms with Crippen LogP contribution in [0.5, 0.6) is 0 Å². The van der Waals surface area contributed by atoms with Crippen LogP contribution in [0.1, 0.15) is 17.0 Å². The van der Waals surface area contributed by atoms with Gasteiger partial charge in [0, 0.05) is 27.0 Å². The van der Waals surface area contributed by atoms with Crippen LogP contribution in [-0.2, 0) is 11.2 Å². The van der Waals surface area contributed by atoms with Crippen molar-refractivity contribution in [2.45, 2.75) is 20.3 Å². The molecule has 0 bridgehead atoms. The minimum Gasteiger partial charge on any atom is -0.481 e. The quantitative estimate of drug-likeness (QED) is 0.483. The van der Waals surface area contributed by atoms with Crippen molar-refractivity contribution in [3.63, 3.8) is 0 Å². The number of nitro benzene ring substituents is 1. The number of aromatic nitrogens is 2. The first-order valence-electron chi connectivity index (χ1n) is 6.02. The van der Waals surface area contributed by atoms with E-state index in [9.17, 15) is 14.9 Å². The number of hydrogen-bond acceptors (Lipinski definition) is 4. The molecule has 0 atom stereocenters. The number of halogens is 1. The van der Waals surface area contributed by atoms with E-state index in [4.69, 9.17) is 5.11 Å². The minimum atomic E-state index is -0.917. The SMILES string of the molecule is Cc1nn(-c2ccc([N+](=O)[O-])cc2I)c(C)c1CC(=O)O. The van der Waals surface area contributed by atoms with Gasteiger partial charge in [0.25, 0.3) is 5.69 Å². The molecule has 1 aromatic heterocycles. The molecule has 0 aliphatic carbocycles. The molecule has 1 aromatic carbocycles. The van der Waals surface area contributed by atoms with Gasteiger partial charge in [0.2, 0.25) is 0 Å². The van der Waals surface area contributed by atoms with Gasteiger partial charge in [-0.1, -0.05) is 0 Å². The fourth-order valence-corrected chi connectivity index (χ4v) is 2.83. The van der Waals surface area contributed by atoms with Crippen molar-refractivity contribution in [2.24, 2.45) is 0 Å². The Morgan fingerprint density at radius 1 is 1.48 bits per heavy atom. The van der Waals surface area contributed by atoms with Gasteiger partial charge in [-0.05, 0) is 42.5 Å². The molecular weight excluding hydrogens is 389 g/mol. The first-order valence-corrected chi connectivity index (χ1v) is 7.10. The third kappa shape index (κ3) is 3.04. The Morgan fingerprint density at radius 2 is 2.14 bits per heavy atom. The average molecular weight is 401 g/mol. The molecule has 2 rings (SSSR count). The monoisotopic (exact) mass is 401 g/mol. The molecule has 0 spiro atoms. The van der Waals surface area contributed by atoms with Crippen molar-refractivity contribution in [2.75, 3.05) is 0 Å². The highest BCUT2D eigenvalue weighted by atomic mass is 127. The van der Waals surface area contributed by atoms with Crippen molar-refractivity contribution in [3.8, 4) is 5.69 Å². The van der Waals surface area contributed by atoms with E-state index in [-0.39, 0.29) is 12.1 Å². The summed E-state index contributed by atoms with van der Waals surface area (Å²) in [6, 6.07) is 4.48. The van der Waals surface area contributed by atoms with Crippen LogP contribution >= 0.6 is 22.6 Å². The molecule has 0 amide bonds. The Labute approximate surface area is 133 Å². The maximum absolute atomic E-state index is 10.9. The molecule has 1 heterocycles. The van der Waals surface area contributed by atoms with Crippen molar-refractivity contribution in [1.29, 1.82) is 0 Å². The molecule has 1 N–H and O–H groups in total.